The summed E-state index contributed by atoms with van der Waals surface area (Å²) in [4.78, 5) is 26.4. The fourth-order valence-electron chi connectivity index (χ4n) is 3.03. The van der Waals surface area contributed by atoms with Crippen LogP contribution in [-0.2, 0) is 9.53 Å². The molecule has 0 aromatic heterocycles. The highest BCUT2D eigenvalue weighted by molar-refractivity contribution is 5.96. The van der Waals surface area contributed by atoms with E-state index in [-0.39, 0.29) is 24.1 Å². The summed E-state index contributed by atoms with van der Waals surface area (Å²) < 4.78 is 18.5. The third-order valence-corrected chi connectivity index (χ3v) is 4.34. The number of amides is 2. The molecule has 1 aliphatic heterocycles. The molecule has 1 fully saturated rings. The molecule has 1 heterocycles. The monoisotopic (exact) mass is 365 g/mol. The van der Waals surface area contributed by atoms with Crippen molar-refractivity contribution in [2.24, 2.45) is 5.92 Å². The number of rotatable bonds is 8. The lowest BCUT2D eigenvalue weighted by Gasteiger charge is -2.35. The summed E-state index contributed by atoms with van der Waals surface area (Å²) in [5.74, 6) is -0.681. The molecular weight excluding hydrogens is 337 g/mol. The smallest absolute Gasteiger partial charge is 0.251 e. The van der Waals surface area contributed by atoms with E-state index in [1.165, 1.54) is 18.2 Å². The zero-order chi connectivity index (χ0) is 18.9. The van der Waals surface area contributed by atoms with Crippen LogP contribution in [0.25, 0.3) is 0 Å². The standard InChI is InChI=1S/C19H28FN3O3/c1-14(2)10-17(23-6-8-26-9-7-23)12-21-18(24)13-22-19(25)15-4-3-5-16(20)11-15/h3-5,11,14,17H,6-10,12-13H2,1-2H3,(H,21,24)(H,22,25). The van der Waals surface area contributed by atoms with Crippen LogP contribution in [0.5, 0.6) is 0 Å². The topological polar surface area (TPSA) is 70.7 Å². The average molecular weight is 365 g/mol. The van der Waals surface area contributed by atoms with Crippen molar-refractivity contribution >= 4 is 11.8 Å². The molecule has 144 valence electrons. The highest BCUT2D eigenvalue weighted by Crippen LogP contribution is 2.13. The third-order valence-electron chi connectivity index (χ3n) is 4.34. The number of hydrogen-bond acceptors (Lipinski definition) is 4. The molecule has 1 unspecified atom stereocenters. The number of nitrogens with zero attached hydrogens (tertiary/aromatic N) is 1. The molecule has 2 rings (SSSR count). The summed E-state index contributed by atoms with van der Waals surface area (Å²) in [5, 5.41) is 5.41. The zero-order valence-electron chi connectivity index (χ0n) is 15.5. The molecule has 1 aromatic carbocycles. The molecular formula is C19H28FN3O3. The Morgan fingerprint density at radius 3 is 2.62 bits per heavy atom. The Kier molecular flexibility index (Phi) is 8.00. The lowest BCUT2D eigenvalue weighted by Crippen LogP contribution is -2.50. The summed E-state index contributed by atoms with van der Waals surface area (Å²) in [6.07, 6.45) is 0.982. The van der Waals surface area contributed by atoms with Gasteiger partial charge in [-0.15, -0.1) is 0 Å². The first-order chi connectivity index (χ1) is 12.5. The van der Waals surface area contributed by atoms with Gasteiger partial charge in [0.2, 0.25) is 5.91 Å². The van der Waals surface area contributed by atoms with Gasteiger partial charge in [-0.2, -0.15) is 0 Å². The fourth-order valence-corrected chi connectivity index (χ4v) is 3.03. The quantitative estimate of drug-likeness (QED) is 0.731. The van der Waals surface area contributed by atoms with Crippen LogP contribution in [0.4, 0.5) is 4.39 Å². The van der Waals surface area contributed by atoms with E-state index in [0.717, 1.165) is 25.6 Å². The van der Waals surface area contributed by atoms with Crippen molar-refractivity contribution in [2.45, 2.75) is 26.3 Å². The van der Waals surface area contributed by atoms with Gasteiger partial charge in [0, 0.05) is 31.2 Å². The lowest BCUT2D eigenvalue weighted by atomic mass is 10.0. The second kappa shape index (κ2) is 10.2. The molecule has 1 saturated heterocycles. The van der Waals surface area contributed by atoms with Gasteiger partial charge >= 0.3 is 0 Å². The highest BCUT2D eigenvalue weighted by Gasteiger charge is 2.22. The third kappa shape index (κ3) is 6.72. The minimum atomic E-state index is -0.482. The number of hydrogen-bond donors (Lipinski definition) is 2. The number of ether oxygens (including phenoxy) is 1. The first kappa shape index (κ1) is 20.3. The number of carbonyl (C=O) groups excluding carboxylic acids is 2. The Balaban J connectivity index is 1.78. The zero-order valence-corrected chi connectivity index (χ0v) is 15.5. The fraction of sp³-hybridized carbons (Fsp3) is 0.579. The maximum absolute atomic E-state index is 13.1. The molecule has 2 N–H and O–H groups in total. The van der Waals surface area contributed by atoms with Crippen molar-refractivity contribution in [3.05, 3.63) is 35.6 Å². The van der Waals surface area contributed by atoms with E-state index in [4.69, 9.17) is 4.74 Å². The van der Waals surface area contributed by atoms with Gasteiger partial charge in [-0.3, -0.25) is 14.5 Å². The van der Waals surface area contributed by atoms with Crippen LogP contribution in [0.3, 0.4) is 0 Å². The van der Waals surface area contributed by atoms with E-state index >= 15 is 0 Å². The summed E-state index contributed by atoms with van der Waals surface area (Å²) >= 11 is 0. The molecule has 1 atom stereocenters. The Labute approximate surface area is 154 Å². The second-order valence-electron chi connectivity index (χ2n) is 6.93. The Bertz CT molecular complexity index is 603. The largest absolute Gasteiger partial charge is 0.379 e. The van der Waals surface area contributed by atoms with Crippen LogP contribution in [0.1, 0.15) is 30.6 Å². The maximum Gasteiger partial charge on any atom is 0.251 e. The van der Waals surface area contributed by atoms with E-state index < -0.39 is 11.7 Å². The molecule has 2 amide bonds. The maximum atomic E-state index is 13.1. The van der Waals surface area contributed by atoms with Gasteiger partial charge in [-0.25, -0.2) is 4.39 Å². The van der Waals surface area contributed by atoms with Gasteiger partial charge in [0.05, 0.1) is 19.8 Å². The first-order valence-electron chi connectivity index (χ1n) is 9.08. The van der Waals surface area contributed by atoms with Gasteiger partial charge in [0.15, 0.2) is 0 Å². The van der Waals surface area contributed by atoms with Gasteiger partial charge in [0.1, 0.15) is 5.82 Å². The number of halogens is 1. The van der Waals surface area contributed by atoms with Crippen LogP contribution in [0, 0.1) is 11.7 Å². The van der Waals surface area contributed by atoms with E-state index in [9.17, 15) is 14.0 Å². The van der Waals surface area contributed by atoms with Gasteiger partial charge in [-0.05, 0) is 30.5 Å². The van der Waals surface area contributed by atoms with Crippen molar-refractivity contribution in [1.29, 1.82) is 0 Å². The van der Waals surface area contributed by atoms with Crippen LogP contribution >= 0.6 is 0 Å². The normalized spacial score (nSPS) is 16.3. The van der Waals surface area contributed by atoms with E-state index in [0.29, 0.717) is 25.7 Å². The molecule has 1 aliphatic rings. The summed E-state index contributed by atoms with van der Waals surface area (Å²) in [6, 6.07) is 5.63. The van der Waals surface area contributed by atoms with Crippen molar-refractivity contribution in [3.8, 4) is 0 Å². The molecule has 0 spiro atoms. The molecule has 0 radical (unpaired) electrons. The second-order valence-corrected chi connectivity index (χ2v) is 6.93. The summed E-state index contributed by atoms with van der Waals surface area (Å²) in [6.45, 7) is 7.88. The molecule has 26 heavy (non-hydrogen) atoms. The molecule has 7 heteroatoms. The molecule has 1 aromatic rings. The SMILES string of the molecule is CC(C)CC(CNC(=O)CNC(=O)c1cccc(F)c1)N1CCOCC1. The molecule has 6 nitrogen and oxygen atoms in total. The minimum Gasteiger partial charge on any atom is -0.379 e. The summed E-state index contributed by atoms with van der Waals surface area (Å²) in [7, 11) is 0. The van der Waals surface area contributed by atoms with E-state index in [2.05, 4.69) is 29.4 Å². The van der Waals surface area contributed by atoms with Gasteiger partial charge < -0.3 is 15.4 Å². The Hall–Kier alpha value is -1.99. The van der Waals surface area contributed by atoms with Crippen LogP contribution in [0.2, 0.25) is 0 Å². The predicted molar refractivity (Wildman–Crippen MR) is 97.4 cm³/mol. The van der Waals surface area contributed by atoms with E-state index in [1.54, 1.807) is 0 Å². The van der Waals surface area contributed by atoms with Crippen molar-refractivity contribution < 1.29 is 18.7 Å². The Morgan fingerprint density at radius 2 is 1.96 bits per heavy atom. The lowest BCUT2D eigenvalue weighted by molar-refractivity contribution is -0.120. The number of benzene rings is 1. The van der Waals surface area contributed by atoms with Crippen LogP contribution in [0.15, 0.2) is 24.3 Å². The molecule has 0 aliphatic carbocycles. The van der Waals surface area contributed by atoms with Crippen molar-refractivity contribution in [2.75, 3.05) is 39.4 Å². The van der Waals surface area contributed by atoms with Crippen molar-refractivity contribution in [1.82, 2.24) is 15.5 Å². The van der Waals surface area contributed by atoms with Gasteiger partial charge in [-0.1, -0.05) is 19.9 Å². The van der Waals surface area contributed by atoms with Crippen LogP contribution in [-0.4, -0.2) is 62.1 Å². The van der Waals surface area contributed by atoms with E-state index in [1.807, 2.05) is 0 Å². The first-order valence-corrected chi connectivity index (χ1v) is 9.08. The molecule has 0 saturated carbocycles. The van der Waals surface area contributed by atoms with Gasteiger partial charge in [0.25, 0.3) is 5.91 Å². The molecule has 0 bridgehead atoms. The van der Waals surface area contributed by atoms with Crippen LogP contribution < -0.4 is 10.6 Å². The number of morpholine rings is 1. The number of nitrogens with one attached hydrogen (secondary N) is 2. The predicted octanol–water partition coefficient (Wildman–Crippen LogP) is 1.42. The minimum absolute atomic E-state index is 0.132. The number of carbonyl (C=O) groups is 2. The Morgan fingerprint density at radius 1 is 1.23 bits per heavy atom. The average Bonchev–Trinajstić information content (AvgIpc) is 2.63. The summed E-state index contributed by atoms with van der Waals surface area (Å²) in [5.41, 5.74) is 0.198. The highest BCUT2D eigenvalue weighted by atomic mass is 19.1. The van der Waals surface area contributed by atoms with Crippen molar-refractivity contribution in [3.63, 3.8) is 0 Å².